The Kier molecular flexibility index (Phi) is 6.53. The van der Waals surface area contributed by atoms with Crippen LogP contribution in [0.5, 0.6) is 0 Å². The lowest BCUT2D eigenvalue weighted by atomic mass is 10.0. The molecule has 3 aromatic heterocycles. The molecule has 5 rings (SSSR count). The largest absolute Gasteiger partial charge is 0.370 e. The average molecular weight is 498 g/mol. The molecule has 2 aliphatic heterocycles. The maximum atomic E-state index is 12.4. The maximum Gasteiger partial charge on any atom is 0.242 e. The molecule has 0 aliphatic carbocycles. The van der Waals surface area contributed by atoms with E-state index in [4.69, 9.17) is 21.2 Å². The third-order valence-corrected chi connectivity index (χ3v) is 7.36. The molecule has 2 saturated heterocycles. The van der Waals surface area contributed by atoms with E-state index in [1.54, 1.807) is 37.6 Å². The zero-order valence-electron chi connectivity index (χ0n) is 20.1. The van der Waals surface area contributed by atoms with Crippen molar-refractivity contribution in [3.63, 3.8) is 0 Å². The van der Waals surface area contributed by atoms with Crippen molar-refractivity contribution in [3.8, 4) is 0 Å². The number of rotatable bonds is 5. The summed E-state index contributed by atoms with van der Waals surface area (Å²) in [6.07, 6.45) is 5.16. The fraction of sp³-hybridized carbons (Fsp3) is 0.522. The summed E-state index contributed by atoms with van der Waals surface area (Å²) in [4.78, 5) is 37.7. The molecule has 1 amide bonds. The van der Waals surface area contributed by atoms with Crippen LogP contribution in [-0.2, 0) is 16.1 Å². The Hall–Kier alpha value is -2.93. The van der Waals surface area contributed by atoms with Crippen LogP contribution in [0.3, 0.4) is 0 Å². The number of hydrogen-bond donors (Lipinski definition) is 2. The van der Waals surface area contributed by atoms with Crippen molar-refractivity contribution in [3.05, 3.63) is 35.1 Å². The highest BCUT2D eigenvalue weighted by Gasteiger charge is 2.30. The summed E-state index contributed by atoms with van der Waals surface area (Å²) in [5, 5.41) is 0. The molecule has 5 heterocycles. The summed E-state index contributed by atoms with van der Waals surface area (Å²) in [6, 6.07) is 2.15. The fourth-order valence-corrected chi connectivity index (χ4v) is 5.41. The van der Waals surface area contributed by atoms with Crippen LogP contribution in [0.1, 0.15) is 30.4 Å². The minimum absolute atomic E-state index is 0.0103. The molecule has 0 aromatic carbocycles. The lowest BCUT2D eigenvalue weighted by Crippen LogP contribution is -2.56. The molecule has 2 aliphatic rings. The minimum Gasteiger partial charge on any atom is -0.370 e. The molecular formula is C23H31N9O2S. The number of thiophene rings is 1. The van der Waals surface area contributed by atoms with Crippen LogP contribution in [0.4, 0.5) is 11.9 Å². The standard InChI is InChI=1S/C23H31N9O2S/c1-23(2,25)20(33)31-5-3-30(4-6-31)13-16-9-17-19(35-16)12-28-22(29-17)32-7-8-34-18(14-32)15-10-26-21(24)27-11-15/h9-12,18H,3-8,13-14,25H2,1-2H3,(H2,24,26,27). The van der Waals surface area contributed by atoms with Gasteiger partial charge in [-0.3, -0.25) is 9.69 Å². The van der Waals surface area contributed by atoms with E-state index in [1.165, 1.54) is 4.88 Å². The lowest BCUT2D eigenvalue weighted by Gasteiger charge is -2.37. The SMILES string of the molecule is CC(C)(N)C(=O)N1CCN(Cc2cc3nc(N4CCOC(c5cnc(N)nc5)C4)ncc3s2)CC1. The number of hydrogen-bond acceptors (Lipinski definition) is 11. The first-order chi connectivity index (χ1) is 16.8. The van der Waals surface area contributed by atoms with Gasteiger partial charge in [-0.15, -0.1) is 11.3 Å². The number of anilines is 2. The summed E-state index contributed by atoms with van der Waals surface area (Å²) in [7, 11) is 0. The Bertz CT molecular complexity index is 1190. The molecule has 0 radical (unpaired) electrons. The summed E-state index contributed by atoms with van der Waals surface area (Å²) in [6.45, 7) is 9.33. The highest BCUT2D eigenvalue weighted by Crippen LogP contribution is 2.29. The van der Waals surface area contributed by atoms with Gasteiger partial charge in [0.25, 0.3) is 0 Å². The molecule has 4 N–H and O–H groups in total. The number of carbonyl (C=O) groups excluding carboxylic acids is 1. The number of aromatic nitrogens is 4. The molecule has 1 unspecified atom stereocenters. The number of amides is 1. The van der Waals surface area contributed by atoms with E-state index >= 15 is 0 Å². The molecule has 3 aromatic rings. The highest BCUT2D eigenvalue weighted by atomic mass is 32.1. The smallest absolute Gasteiger partial charge is 0.242 e. The lowest BCUT2D eigenvalue weighted by molar-refractivity contribution is -0.137. The quantitative estimate of drug-likeness (QED) is 0.525. The van der Waals surface area contributed by atoms with Crippen LogP contribution in [0, 0.1) is 0 Å². The van der Waals surface area contributed by atoms with Crippen LogP contribution in [0.2, 0.25) is 0 Å². The fourth-order valence-electron chi connectivity index (χ4n) is 4.39. The van der Waals surface area contributed by atoms with Gasteiger partial charge in [0.05, 0.1) is 35.1 Å². The molecular weight excluding hydrogens is 466 g/mol. The van der Waals surface area contributed by atoms with Crippen LogP contribution in [-0.4, -0.2) is 87.1 Å². The van der Waals surface area contributed by atoms with E-state index in [0.717, 1.165) is 42.0 Å². The first-order valence-corrected chi connectivity index (χ1v) is 12.6. The zero-order valence-corrected chi connectivity index (χ0v) is 20.9. The van der Waals surface area contributed by atoms with Gasteiger partial charge >= 0.3 is 0 Å². The second-order valence-corrected chi connectivity index (χ2v) is 10.8. The second-order valence-electron chi connectivity index (χ2n) is 9.60. The number of morpholine rings is 1. The molecule has 11 nitrogen and oxygen atoms in total. The number of nitrogens with two attached hydrogens (primary N) is 2. The number of carbonyl (C=O) groups is 1. The van der Waals surface area contributed by atoms with Crippen molar-refractivity contribution in [2.45, 2.75) is 32.0 Å². The van der Waals surface area contributed by atoms with Crippen molar-refractivity contribution < 1.29 is 9.53 Å². The van der Waals surface area contributed by atoms with Gasteiger partial charge in [0.2, 0.25) is 17.8 Å². The van der Waals surface area contributed by atoms with E-state index in [-0.39, 0.29) is 18.0 Å². The highest BCUT2D eigenvalue weighted by molar-refractivity contribution is 7.18. The molecule has 12 heteroatoms. The maximum absolute atomic E-state index is 12.4. The Labute approximate surface area is 208 Å². The number of nitrogens with zero attached hydrogens (tertiary/aromatic N) is 7. The summed E-state index contributed by atoms with van der Waals surface area (Å²) < 4.78 is 6.99. The van der Waals surface area contributed by atoms with Crippen molar-refractivity contribution in [2.24, 2.45) is 5.73 Å². The van der Waals surface area contributed by atoms with Crippen molar-refractivity contribution in [1.82, 2.24) is 29.7 Å². The van der Waals surface area contributed by atoms with E-state index in [0.29, 0.717) is 32.2 Å². The van der Waals surface area contributed by atoms with Gasteiger partial charge in [0.15, 0.2) is 0 Å². The normalized spacial score (nSPS) is 19.9. The molecule has 186 valence electrons. The van der Waals surface area contributed by atoms with Crippen LogP contribution in [0.25, 0.3) is 10.2 Å². The molecule has 35 heavy (non-hydrogen) atoms. The predicted octanol–water partition coefficient (Wildman–Crippen LogP) is 1.02. The molecule has 0 saturated carbocycles. The van der Waals surface area contributed by atoms with Gasteiger partial charge < -0.3 is 26.0 Å². The number of fused-ring (bicyclic) bond motifs is 1. The van der Waals surface area contributed by atoms with Crippen molar-refractivity contribution in [1.29, 1.82) is 0 Å². The second kappa shape index (κ2) is 9.61. The van der Waals surface area contributed by atoms with Crippen molar-refractivity contribution in [2.75, 3.05) is 56.5 Å². The molecule has 0 bridgehead atoms. The third-order valence-electron chi connectivity index (χ3n) is 6.31. The minimum atomic E-state index is -0.826. The van der Waals surface area contributed by atoms with Crippen molar-refractivity contribution >= 4 is 39.4 Å². The van der Waals surface area contributed by atoms with E-state index < -0.39 is 5.54 Å². The first-order valence-electron chi connectivity index (χ1n) is 11.8. The van der Waals surface area contributed by atoms with Gasteiger partial charge in [-0.2, -0.15) is 0 Å². The van der Waals surface area contributed by atoms with Crippen LogP contribution < -0.4 is 16.4 Å². The predicted molar refractivity (Wildman–Crippen MR) is 135 cm³/mol. The molecule has 2 fully saturated rings. The van der Waals surface area contributed by atoms with Crippen LogP contribution >= 0.6 is 11.3 Å². The van der Waals surface area contributed by atoms with E-state index in [2.05, 4.69) is 30.8 Å². The van der Waals surface area contributed by atoms with Gasteiger partial charge in [-0.05, 0) is 19.9 Å². The van der Waals surface area contributed by atoms with E-state index in [1.807, 2.05) is 11.1 Å². The zero-order chi connectivity index (χ0) is 24.6. The Morgan fingerprint density at radius 3 is 2.60 bits per heavy atom. The topological polar surface area (TPSA) is 140 Å². The van der Waals surface area contributed by atoms with Gasteiger partial charge in [-0.25, -0.2) is 19.9 Å². The monoisotopic (exact) mass is 497 g/mol. The van der Waals surface area contributed by atoms with Gasteiger partial charge in [0.1, 0.15) is 6.10 Å². The Morgan fingerprint density at radius 2 is 1.89 bits per heavy atom. The molecule has 0 spiro atoms. The number of piperazine rings is 1. The van der Waals surface area contributed by atoms with Gasteiger partial charge in [-0.1, -0.05) is 0 Å². The third kappa shape index (κ3) is 5.35. The Balaban J connectivity index is 1.23. The molecule has 1 atom stereocenters. The van der Waals surface area contributed by atoms with Crippen LogP contribution in [0.15, 0.2) is 24.7 Å². The van der Waals surface area contributed by atoms with E-state index in [9.17, 15) is 4.79 Å². The Morgan fingerprint density at radius 1 is 1.14 bits per heavy atom. The first kappa shape index (κ1) is 23.8. The number of nitrogen functional groups attached to an aromatic ring is 1. The summed E-state index contributed by atoms with van der Waals surface area (Å²) in [5.41, 5.74) is 12.6. The summed E-state index contributed by atoms with van der Waals surface area (Å²) >= 11 is 1.72. The number of ether oxygens (including phenoxy) is 1. The average Bonchev–Trinajstić information content (AvgIpc) is 3.25. The summed E-state index contributed by atoms with van der Waals surface area (Å²) in [5.74, 6) is 0.956. The van der Waals surface area contributed by atoms with Gasteiger partial charge in [0, 0.05) is 62.1 Å².